The van der Waals surface area contributed by atoms with Gasteiger partial charge in [0, 0.05) is 12.1 Å². The van der Waals surface area contributed by atoms with Crippen LogP contribution < -0.4 is 5.32 Å². The number of nitrogens with one attached hydrogen (secondary N) is 1. The average Bonchev–Trinajstić information content (AvgIpc) is 2.42. The lowest BCUT2D eigenvalue weighted by atomic mass is 9.14. The van der Waals surface area contributed by atoms with Crippen LogP contribution in [0.4, 0.5) is 4.39 Å². The molecular formula is C16H16FNO. The third-order valence-electron chi connectivity index (χ3n) is 6.61. The largest absolute Gasteiger partial charge is 0.351 e. The Labute approximate surface area is 111 Å². The van der Waals surface area contributed by atoms with E-state index in [1.807, 2.05) is 0 Å². The zero-order valence-corrected chi connectivity index (χ0v) is 10.6. The van der Waals surface area contributed by atoms with Gasteiger partial charge in [-0.2, -0.15) is 0 Å². The molecule has 4 fully saturated rings. The van der Waals surface area contributed by atoms with Gasteiger partial charge in [-0.25, -0.2) is 4.39 Å². The van der Waals surface area contributed by atoms with E-state index >= 15 is 0 Å². The fourth-order valence-electron chi connectivity index (χ4n) is 5.76. The second-order valence-electron chi connectivity index (χ2n) is 6.90. The van der Waals surface area contributed by atoms with Crippen molar-refractivity contribution < 1.29 is 9.18 Å². The van der Waals surface area contributed by atoms with Gasteiger partial charge in [0.25, 0.3) is 5.91 Å². The molecular weight excluding hydrogens is 241 g/mol. The maximum Gasteiger partial charge on any atom is 0.251 e. The van der Waals surface area contributed by atoms with Crippen molar-refractivity contribution in [3.05, 3.63) is 35.6 Å². The van der Waals surface area contributed by atoms with Crippen LogP contribution >= 0.6 is 0 Å². The normalized spacial score (nSPS) is 46.9. The van der Waals surface area contributed by atoms with Gasteiger partial charge < -0.3 is 5.32 Å². The Morgan fingerprint density at radius 3 is 2.68 bits per heavy atom. The maximum atomic E-state index is 12.8. The molecule has 0 heterocycles. The molecule has 0 radical (unpaired) electrons. The third-order valence-corrected chi connectivity index (χ3v) is 6.61. The molecule has 0 aliphatic heterocycles. The molecule has 98 valence electrons. The Morgan fingerprint density at radius 1 is 1.32 bits per heavy atom. The van der Waals surface area contributed by atoms with Crippen LogP contribution in [0.5, 0.6) is 0 Å². The molecule has 2 nitrogen and oxygen atoms in total. The van der Waals surface area contributed by atoms with E-state index in [1.165, 1.54) is 25.0 Å². The summed E-state index contributed by atoms with van der Waals surface area (Å²) in [6.07, 6.45) is 2.76. The van der Waals surface area contributed by atoms with Gasteiger partial charge in [0.15, 0.2) is 0 Å². The number of fused-ring (bicyclic) bond motifs is 2. The molecule has 4 aliphatic carbocycles. The van der Waals surface area contributed by atoms with Gasteiger partial charge in [0.05, 0.1) is 0 Å². The van der Waals surface area contributed by atoms with Crippen molar-refractivity contribution >= 4 is 5.91 Å². The summed E-state index contributed by atoms with van der Waals surface area (Å²) in [5, 5.41) is 3.08. The van der Waals surface area contributed by atoms with Gasteiger partial charge in [-0.05, 0) is 72.1 Å². The highest BCUT2D eigenvalue weighted by molar-refractivity contribution is 5.94. The molecule has 0 aromatic heterocycles. The van der Waals surface area contributed by atoms with E-state index in [-0.39, 0.29) is 11.7 Å². The lowest BCUT2D eigenvalue weighted by molar-refractivity contribution is -0.425. The minimum Gasteiger partial charge on any atom is -0.351 e. The van der Waals surface area contributed by atoms with Gasteiger partial charge >= 0.3 is 0 Å². The highest BCUT2D eigenvalue weighted by Crippen LogP contribution is 2.89. The van der Waals surface area contributed by atoms with Crippen LogP contribution in [-0.2, 0) is 0 Å². The lowest BCUT2D eigenvalue weighted by Gasteiger charge is -2.90. The predicted octanol–water partition coefficient (Wildman–Crippen LogP) is 2.46. The van der Waals surface area contributed by atoms with E-state index < -0.39 is 0 Å². The first kappa shape index (κ1) is 10.4. The van der Waals surface area contributed by atoms with Crippen molar-refractivity contribution in [1.82, 2.24) is 5.32 Å². The lowest BCUT2D eigenvalue weighted by Crippen LogP contribution is -2.87. The summed E-state index contributed by atoms with van der Waals surface area (Å²) in [4.78, 5) is 12.1. The molecule has 19 heavy (non-hydrogen) atoms. The summed E-state index contributed by atoms with van der Waals surface area (Å²) >= 11 is 0. The molecule has 5 rings (SSSR count). The van der Waals surface area contributed by atoms with E-state index in [0.717, 1.165) is 36.1 Å². The molecule has 6 unspecified atom stereocenters. The van der Waals surface area contributed by atoms with Crippen LogP contribution in [0, 0.1) is 40.8 Å². The van der Waals surface area contributed by atoms with Crippen molar-refractivity contribution in [1.29, 1.82) is 0 Å². The summed E-state index contributed by atoms with van der Waals surface area (Å²) in [6, 6.07) is 5.79. The first-order valence-electron chi connectivity index (χ1n) is 7.24. The van der Waals surface area contributed by atoms with Crippen LogP contribution in [0.2, 0.25) is 0 Å². The van der Waals surface area contributed by atoms with Crippen molar-refractivity contribution in [2.75, 3.05) is 6.54 Å². The van der Waals surface area contributed by atoms with Crippen molar-refractivity contribution in [3.63, 3.8) is 0 Å². The second kappa shape index (κ2) is 3.02. The van der Waals surface area contributed by atoms with E-state index in [4.69, 9.17) is 0 Å². The number of benzene rings is 1. The number of carbonyl (C=O) groups is 1. The summed E-state index contributed by atoms with van der Waals surface area (Å²) in [7, 11) is 0. The summed E-state index contributed by atoms with van der Waals surface area (Å²) < 4.78 is 12.8. The monoisotopic (exact) mass is 257 g/mol. The molecule has 1 N–H and O–H groups in total. The minimum atomic E-state index is -0.297. The molecule has 0 saturated heterocycles. The molecule has 1 aromatic carbocycles. The molecule has 1 amide bonds. The van der Waals surface area contributed by atoms with Crippen LogP contribution in [0.3, 0.4) is 0 Å². The first-order valence-corrected chi connectivity index (χ1v) is 7.24. The third kappa shape index (κ3) is 0.999. The van der Waals surface area contributed by atoms with Crippen LogP contribution in [0.15, 0.2) is 24.3 Å². The molecule has 0 bridgehead atoms. The number of rotatable bonds is 3. The van der Waals surface area contributed by atoms with Gasteiger partial charge in [-0.1, -0.05) is 0 Å². The maximum absolute atomic E-state index is 12.8. The van der Waals surface area contributed by atoms with Crippen LogP contribution in [0.25, 0.3) is 0 Å². The van der Waals surface area contributed by atoms with E-state index in [0.29, 0.717) is 11.0 Å². The summed E-state index contributed by atoms with van der Waals surface area (Å²) in [6.45, 7) is 0.832. The van der Waals surface area contributed by atoms with E-state index in [1.54, 1.807) is 12.1 Å². The van der Waals surface area contributed by atoms with E-state index in [2.05, 4.69) is 5.32 Å². The zero-order chi connectivity index (χ0) is 12.8. The van der Waals surface area contributed by atoms with Crippen molar-refractivity contribution in [2.24, 2.45) is 35.0 Å². The number of hydrogen-bond acceptors (Lipinski definition) is 1. The Hall–Kier alpha value is -1.38. The zero-order valence-electron chi connectivity index (χ0n) is 10.6. The van der Waals surface area contributed by atoms with Gasteiger partial charge in [-0.15, -0.1) is 0 Å². The molecule has 4 saturated carbocycles. The second-order valence-corrected chi connectivity index (χ2v) is 6.90. The Balaban J connectivity index is 1.27. The molecule has 4 aliphatic rings. The van der Waals surface area contributed by atoms with Gasteiger partial charge in [-0.3, -0.25) is 4.79 Å². The average molecular weight is 257 g/mol. The minimum absolute atomic E-state index is 0.0588. The number of carbonyl (C=O) groups excluding carboxylic acids is 1. The summed E-state index contributed by atoms with van der Waals surface area (Å²) in [5.74, 6) is 4.57. The fourth-order valence-corrected chi connectivity index (χ4v) is 5.76. The fraction of sp³-hybridized carbons (Fsp3) is 0.562. The quantitative estimate of drug-likeness (QED) is 0.885. The van der Waals surface area contributed by atoms with Crippen LogP contribution in [-0.4, -0.2) is 12.5 Å². The molecule has 0 spiro atoms. The van der Waals surface area contributed by atoms with Gasteiger partial charge in [0.2, 0.25) is 0 Å². The Bertz CT molecular complexity index is 567. The highest BCUT2D eigenvalue weighted by Gasteiger charge is 2.85. The molecule has 6 atom stereocenters. The number of hydrogen-bond donors (Lipinski definition) is 1. The van der Waals surface area contributed by atoms with Crippen LogP contribution in [0.1, 0.15) is 23.2 Å². The Kier molecular flexibility index (Phi) is 1.66. The van der Waals surface area contributed by atoms with Gasteiger partial charge in [0.1, 0.15) is 5.82 Å². The standard InChI is InChI=1S/C16H16FNO/c17-9-3-1-8(2-4-9)15(19)18-7-16-6-11-10-5-12(16)13(10)14(11)16/h1-4,10-14H,5-7H2,(H,18,19). The SMILES string of the molecule is O=C(NCC12CC3C4CC1C4C32)c1ccc(F)cc1. The molecule has 1 aromatic rings. The smallest absolute Gasteiger partial charge is 0.251 e. The molecule has 3 heteroatoms. The predicted molar refractivity (Wildman–Crippen MR) is 67.9 cm³/mol. The Morgan fingerprint density at radius 2 is 2.11 bits per heavy atom. The highest BCUT2D eigenvalue weighted by atomic mass is 19.1. The van der Waals surface area contributed by atoms with Crippen molar-refractivity contribution in [2.45, 2.75) is 12.8 Å². The number of halogens is 1. The topological polar surface area (TPSA) is 29.1 Å². The number of amides is 1. The van der Waals surface area contributed by atoms with E-state index in [9.17, 15) is 9.18 Å². The summed E-state index contributed by atoms with van der Waals surface area (Å²) in [5.41, 5.74) is 1.02. The first-order chi connectivity index (χ1) is 9.21. The van der Waals surface area contributed by atoms with Crippen molar-refractivity contribution in [3.8, 4) is 0 Å².